The lowest BCUT2D eigenvalue weighted by Crippen LogP contribution is -2.39. The van der Waals surface area contributed by atoms with Crippen molar-refractivity contribution >= 4 is 10.0 Å². The highest BCUT2D eigenvalue weighted by atomic mass is 32.2. The molecule has 0 saturated carbocycles. The van der Waals surface area contributed by atoms with Crippen molar-refractivity contribution < 1.29 is 8.42 Å². The highest BCUT2D eigenvalue weighted by Gasteiger charge is 2.25. The van der Waals surface area contributed by atoms with Crippen LogP contribution in [-0.4, -0.2) is 44.7 Å². The van der Waals surface area contributed by atoms with E-state index in [1.807, 2.05) is 0 Å². The third-order valence-electron chi connectivity index (χ3n) is 4.05. The Hall–Kier alpha value is -0.130. The second kappa shape index (κ2) is 8.22. The van der Waals surface area contributed by atoms with Gasteiger partial charge >= 0.3 is 0 Å². The molecule has 0 aliphatic carbocycles. The van der Waals surface area contributed by atoms with Gasteiger partial charge in [-0.3, -0.25) is 0 Å². The largest absolute Gasteiger partial charge is 0.314 e. The Morgan fingerprint density at radius 3 is 2.68 bits per heavy atom. The average Bonchev–Trinajstić information content (AvgIpc) is 2.38. The van der Waals surface area contributed by atoms with Gasteiger partial charge in [0.2, 0.25) is 10.0 Å². The fraction of sp³-hybridized carbons (Fsp3) is 1.00. The predicted octanol–water partition coefficient (Wildman–Crippen LogP) is 2.22. The first-order valence-corrected chi connectivity index (χ1v) is 9.50. The van der Waals surface area contributed by atoms with E-state index in [4.69, 9.17) is 0 Å². The number of rotatable bonds is 8. The van der Waals surface area contributed by atoms with Crippen LogP contribution in [0.2, 0.25) is 0 Å². The number of nitrogens with one attached hydrogen (secondary N) is 1. The number of hydrogen-bond donors (Lipinski definition) is 1. The zero-order valence-corrected chi connectivity index (χ0v) is 13.5. The summed E-state index contributed by atoms with van der Waals surface area (Å²) in [4.78, 5) is 0. The van der Waals surface area contributed by atoms with Crippen LogP contribution in [0.4, 0.5) is 0 Å². The molecule has 2 unspecified atom stereocenters. The zero-order valence-electron chi connectivity index (χ0n) is 12.7. The maximum absolute atomic E-state index is 11.6. The van der Waals surface area contributed by atoms with Crippen LogP contribution >= 0.6 is 0 Å². The summed E-state index contributed by atoms with van der Waals surface area (Å²) in [5.41, 5.74) is 0. The maximum Gasteiger partial charge on any atom is 0.211 e. The van der Waals surface area contributed by atoms with Crippen LogP contribution in [0.15, 0.2) is 0 Å². The molecule has 0 aromatic heterocycles. The van der Waals surface area contributed by atoms with E-state index in [1.165, 1.54) is 25.5 Å². The summed E-state index contributed by atoms with van der Waals surface area (Å²) in [7, 11) is -3.00. The van der Waals surface area contributed by atoms with Gasteiger partial charge in [-0.1, -0.05) is 13.8 Å². The molecule has 5 heteroatoms. The Balaban J connectivity index is 2.36. The van der Waals surface area contributed by atoms with Crippen molar-refractivity contribution in [3.8, 4) is 0 Å². The molecule has 114 valence electrons. The predicted molar refractivity (Wildman–Crippen MR) is 80.7 cm³/mol. The Labute approximate surface area is 119 Å². The summed E-state index contributed by atoms with van der Waals surface area (Å²) in [6, 6.07) is 0.591. The third-order valence-corrected chi connectivity index (χ3v) is 5.32. The first-order valence-electron chi connectivity index (χ1n) is 7.65. The molecule has 1 rings (SSSR count). The van der Waals surface area contributed by atoms with Gasteiger partial charge in [0.25, 0.3) is 0 Å². The fourth-order valence-corrected chi connectivity index (χ4v) is 3.74. The quantitative estimate of drug-likeness (QED) is 0.745. The second-order valence-corrected chi connectivity index (χ2v) is 7.75. The van der Waals surface area contributed by atoms with Crippen LogP contribution in [0.5, 0.6) is 0 Å². The number of sulfonamides is 1. The lowest BCUT2D eigenvalue weighted by molar-refractivity contribution is 0.245. The van der Waals surface area contributed by atoms with E-state index in [2.05, 4.69) is 19.2 Å². The number of piperidine rings is 1. The smallest absolute Gasteiger partial charge is 0.211 e. The van der Waals surface area contributed by atoms with Gasteiger partial charge in [0, 0.05) is 19.1 Å². The third kappa shape index (κ3) is 6.23. The van der Waals surface area contributed by atoms with E-state index < -0.39 is 10.0 Å². The molecule has 0 aromatic carbocycles. The minimum Gasteiger partial charge on any atom is -0.314 e. The molecule has 0 amide bonds. The molecule has 4 nitrogen and oxygen atoms in total. The molecular weight excluding hydrogens is 260 g/mol. The van der Waals surface area contributed by atoms with E-state index in [-0.39, 0.29) is 0 Å². The zero-order chi connectivity index (χ0) is 14.3. The van der Waals surface area contributed by atoms with E-state index in [9.17, 15) is 8.42 Å². The van der Waals surface area contributed by atoms with Crippen LogP contribution < -0.4 is 5.32 Å². The molecule has 1 aliphatic heterocycles. The van der Waals surface area contributed by atoms with Crippen molar-refractivity contribution in [3.63, 3.8) is 0 Å². The van der Waals surface area contributed by atoms with Crippen molar-refractivity contribution in [1.29, 1.82) is 0 Å². The van der Waals surface area contributed by atoms with Crippen LogP contribution in [0.25, 0.3) is 0 Å². The summed E-state index contributed by atoms with van der Waals surface area (Å²) >= 11 is 0. The first kappa shape index (κ1) is 16.9. The van der Waals surface area contributed by atoms with Crippen molar-refractivity contribution in [3.05, 3.63) is 0 Å². The molecule has 1 saturated heterocycles. The van der Waals surface area contributed by atoms with Crippen molar-refractivity contribution in [2.24, 2.45) is 5.92 Å². The van der Waals surface area contributed by atoms with Crippen LogP contribution in [0, 0.1) is 5.92 Å². The Bertz CT molecular complexity index is 343. The van der Waals surface area contributed by atoms with Crippen LogP contribution in [0.1, 0.15) is 52.4 Å². The highest BCUT2D eigenvalue weighted by molar-refractivity contribution is 7.88. The summed E-state index contributed by atoms with van der Waals surface area (Å²) in [5, 5.41) is 3.57. The molecule has 2 atom stereocenters. The van der Waals surface area contributed by atoms with Crippen molar-refractivity contribution in [1.82, 2.24) is 9.62 Å². The van der Waals surface area contributed by atoms with Crippen molar-refractivity contribution in [2.75, 3.05) is 25.9 Å². The van der Waals surface area contributed by atoms with Gasteiger partial charge in [-0.15, -0.1) is 0 Å². The van der Waals surface area contributed by atoms with Crippen LogP contribution in [0.3, 0.4) is 0 Å². The molecule has 0 radical (unpaired) electrons. The lowest BCUT2D eigenvalue weighted by atomic mass is 9.92. The van der Waals surface area contributed by atoms with Gasteiger partial charge < -0.3 is 5.32 Å². The SMILES string of the molecule is CCCNC(CC)CCC1CCCN(S(C)(=O)=O)C1. The minimum absolute atomic E-state index is 0.543. The molecule has 19 heavy (non-hydrogen) atoms. The Kier molecular flexibility index (Phi) is 7.32. The molecule has 1 aliphatic rings. The molecule has 0 spiro atoms. The summed E-state index contributed by atoms with van der Waals surface area (Å²) in [6.45, 7) is 6.92. The molecular formula is C14H30N2O2S. The van der Waals surface area contributed by atoms with E-state index in [0.717, 1.165) is 32.4 Å². The molecule has 1 N–H and O–H groups in total. The normalized spacial score (nSPS) is 23.4. The Morgan fingerprint density at radius 1 is 1.37 bits per heavy atom. The van der Waals surface area contributed by atoms with Gasteiger partial charge in [0.15, 0.2) is 0 Å². The fourth-order valence-electron chi connectivity index (χ4n) is 2.80. The summed E-state index contributed by atoms with van der Waals surface area (Å²) < 4.78 is 24.8. The Morgan fingerprint density at radius 2 is 2.11 bits per heavy atom. The van der Waals surface area contributed by atoms with Gasteiger partial charge in [0.1, 0.15) is 0 Å². The first-order chi connectivity index (χ1) is 8.97. The topological polar surface area (TPSA) is 49.4 Å². The lowest BCUT2D eigenvalue weighted by Gasteiger charge is -2.31. The molecule has 1 fully saturated rings. The van der Waals surface area contributed by atoms with E-state index >= 15 is 0 Å². The van der Waals surface area contributed by atoms with Gasteiger partial charge in [0.05, 0.1) is 6.26 Å². The van der Waals surface area contributed by atoms with Gasteiger partial charge in [-0.05, 0) is 51.0 Å². The number of hydrogen-bond acceptors (Lipinski definition) is 3. The molecule has 1 heterocycles. The second-order valence-electron chi connectivity index (χ2n) is 5.77. The van der Waals surface area contributed by atoms with Crippen molar-refractivity contribution in [2.45, 2.75) is 58.4 Å². The van der Waals surface area contributed by atoms with Crippen LogP contribution in [-0.2, 0) is 10.0 Å². The molecule has 0 aromatic rings. The molecule has 0 bridgehead atoms. The van der Waals surface area contributed by atoms with E-state index in [0.29, 0.717) is 18.5 Å². The number of nitrogens with zero attached hydrogens (tertiary/aromatic N) is 1. The standard InChI is InChI=1S/C14H30N2O2S/c1-4-10-15-14(5-2)9-8-13-7-6-11-16(12-13)19(3,17)18/h13-15H,4-12H2,1-3H3. The average molecular weight is 290 g/mol. The minimum atomic E-state index is -3.00. The monoisotopic (exact) mass is 290 g/mol. The van der Waals surface area contributed by atoms with E-state index in [1.54, 1.807) is 4.31 Å². The van der Waals surface area contributed by atoms with Gasteiger partial charge in [-0.25, -0.2) is 12.7 Å². The summed E-state index contributed by atoms with van der Waals surface area (Å²) in [5.74, 6) is 0.543. The highest BCUT2D eigenvalue weighted by Crippen LogP contribution is 2.23. The maximum atomic E-state index is 11.6. The van der Waals surface area contributed by atoms with Gasteiger partial charge in [-0.2, -0.15) is 0 Å². The summed E-state index contributed by atoms with van der Waals surface area (Å²) in [6.07, 6.45) is 8.14.